The number of nitrogens with zero attached hydrogens (tertiary/aromatic N) is 1. The third-order valence-electron chi connectivity index (χ3n) is 10.9. The minimum atomic E-state index is -0.00893. The second kappa shape index (κ2) is 43.2. The van der Waals surface area contributed by atoms with Crippen LogP contribution in [0.3, 0.4) is 0 Å². The Balaban J connectivity index is 4.16. The molecule has 0 aromatic carbocycles. The van der Waals surface area contributed by atoms with Gasteiger partial charge in [0.1, 0.15) is 0 Å². The Hall–Kier alpha value is -0.160. The highest BCUT2D eigenvalue weighted by Crippen LogP contribution is 2.24. The number of ether oxygens (including phenoxy) is 2. The number of aliphatic hydroxyl groups excluding tert-OH is 1. The topological polar surface area (TPSA) is 41.9 Å². The Labute approximate surface area is 316 Å². The number of rotatable bonds is 44. The summed E-state index contributed by atoms with van der Waals surface area (Å²) in [5.41, 5.74) is 0. The van der Waals surface area contributed by atoms with Crippen LogP contribution in [0.5, 0.6) is 0 Å². The monoisotopic (exact) mass is 710 g/mol. The quantitative estimate of drug-likeness (QED) is 0.0505. The number of unbranched alkanes of at least 4 members (excludes halogenated alkanes) is 23. The van der Waals surface area contributed by atoms with E-state index in [-0.39, 0.29) is 6.29 Å². The predicted molar refractivity (Wildman–Crippen MR) is 222 cm³/mol. The van der Waals surface area contributed by atoms with Crippen molar-refractivity contribution >= 4 is 0 Å². The van der Waals surface area contributed by atoms with Crippen LogP contribution in [-0.2, 0) is 9.47 Å². The molecule has 4 heteroatoms. The lowest BCUT2D eigenvalue weighted by Gasteiger charge is -2.22. The molecule has 0 aliphatic carbocycles. The van der Waals surface area contributed by atoms with Gasteiger partial charge in [0.15, 0.2) is 6.29 Å². The lowest BCUT2D eigenvalue weighted by atomic mass is 9.90. The summed E-state index contributed by atoms with van der Waals surface area (Å²) in [6.45, 7) is 14.7. The first-order valence-electron chi connectivity index (χ1n) is 23.3. The van der Waals surface area contributed by atoms with E-state index in [0.717, 1.165) is 38.5 Å². The van der Waals surface area contributed by atoms with E-state index in [1.54, 1.807) is 0 Å². The molecule has 0 aromatic rings. The fourth-order valence-corrected chi connectivity index (χ4v) is 7.49. The maximum atomic E-state index is 9.46. The average molecular weight is 710 g/mol. The van der Waals surface area contributed by atoms with Gasteiger partial charge in [-0.05, 0) is 64.0 Å². The molecular formula is C46H95NO3. The molecule has 0 aliphatic heterocycles. The van der Waals surface area contributed by atoms with Crippen LogP contribution in [0.4, 0.5) is 0 Å². The number of aliphatic hydroxyl groups is 1. The molecule has 0 radical (unpaired) electrons. The Bertz CT molecular complexity index is 574. The zero-order valence-electron chi connectivity index (χ0n) is 35.1. The molecule has 0 heterocycles. The van der Waals surface area contributed by atoms with E-state index in [0.29, 0.717) is 6.61 Å². The van der Waals surface area contributed by atoms with Gasteiger partial charge in [0.2, 0.25) is 0 Å². The zero-order chi connectivity index (χ0) is 36.4. The first-order chi connectivity index (χ1) is 24.7. The van der Waals surface area contributed by atoms with Gasteiger partial charge in [-0.25, -0.2) is 0 Å². The maximum Gasteiger partial charge on any atom is 0.157 e. The molecule has 0 unspecified atom stereocenters. The Morgan fingerprint density at radius 1 is 0.360 bits per heavy atom. The van der Waals surface area contributed by atoms with Gasteiger partial charge in [0.25, 0.3) is 0 Å². The smallest absolute Gasteiger partial charge is 0.157 e. The van der Waals surface area contributed by atoms with Gasteiger partial charge in [0, 0.05) is 26.4 Å². The van der Waals surface area contributed by atoms with Crippen molar-refractivity contribution in [3.63, 3.8) is 0 Å². The van der Waals surface area contributed by atoms with Gasteiger partial charge >= 0.3 is 0 Å². The SMILES string of the molecule is CCCCCCCCOC(CCCCCCN(CCCO)CCCCCCCCCC(CCCCC)CCCCC)OCCCCCCCC. The summed E-state index contributed by atoms with van der Waals surface area (Å²) >= 11 is 0. The fraction of sp³-hybridized carbons (Fsp3) is 1.00. The largest absolute Gasteiger partial charge is 0.396 e. The molecule has 0 bridgehead atoms. The molecule has 0 spiro atoms. The van der Waals surface area contributed by atoms with Gasteiger partial charge in [-0.2, -0.15) is 0 Å². The van der Waals surface area contributed by atoms with Crippen LogP contribution in [0.15, 0.2) is 0 Å². The Kier molecular flexibility index (Phi) is 43.1. The standard InChI is InChI=1S/C46H95NO3/c1-5-9-13-15-24-32-43-49-46(50-44-33-25-16-14-10-6-2)38-29-21-23-31-40-47(41-34-42-48)39-30-22-19-17-18-20-28-37-45(35-26-11-7-3)36-27-12-8-4/h45-46,48H,5-44H2,1-4H3. The normalized spacial score (nSPS) is 12.0. The van der Waals surface area contributed by atoms with Crippen LogP contribution in [0, 0.1) is 5.92 Å². The van der Waals surface area contributed by atoms with Crippen molar-refractivity contribution in [2.75, 3.05) is 39.5 Å². The van der Waals surface area contributed by atoms with Crippen molar-refractivity contribution in [1.82, 2.24) is 4.90 Å². The van der Waals surface area contributed by atoms with Crippen LogP contribution in [-0.4, -0.2) is 55.8 Å². The summed E-state index contributed by atoms with van der Waals surface area (Å²) in [5.74, 6) is 0.998. The van der Waals surface area contributed by atoms with Gasteiger partial charge in [0.05, 0.1) is 0 Å². The molecular weight excluding hydrogens is 615 g/mol. The first-order valence-corrected chi connectivity index (χ1v) is 23.3. The molecule has 0 rings (SSSR count). The number of hydrogen-bond donors (Lipinski definition) is 1. The molecule has 1 N–H and O–H groups in total. The molecule has 0 amide bonds. The summed E-state index contributed by atoms with van der Waals surface area (Å²) < 4.78 is 12.5. The molecule has 0 aromatic heterocycles. The van der Waals surface area contributed by atoms with E-state index in [4.69, 9.17) is 9.47 Å². The van der Waals surface area contributed by atoms with E-state index in [1.807, 2.05) is 0 Å². The third kappa shape index (κ3) is 37.6. The first kappa shape index (κ1) is 49.8. The molecule has 50 heavy (non-hydrogen) atoms. The number of hydrogen-bond acceptors (Lipinski definition) is 4. The molecule has 0 fully saturated rings. The predicted octanol–water partition coefficient (Wildman–Crippen LogP) is 14.6. The minimum absolute atomic E-state index is 0.00893. The highest BCUT2D eigenvalue weighted by Gasteiger charge is 2.11. The zero-order valence-corrected chi connectivity index (χ0v) is 35.1. The lowest BCUT2D eigenvalue weighted by molar-refractivity contribution is -0.148. The van der Waals surface area contributed by atoms with Gasteiger partial charge in [-0.3, -0.25) is 0 Å². The van der Waals surface area contributed by atoms with Crippen molar-refractivity contribution in [3.05, 3.63) is 0 Å². The van der Waals surface area contributed by atoms with E-state index in [9.17, 15) is 5.11 Å². The summed E-state index contributed by atoms with van der Waals surface area (Å²) in [7, 11) is 0. The summed E-state index contributed by atoms with van der Waals surface area (Å²) in [4.78, 5) is 2.63. The van der Waals surface area contributed by atoms with Crippen LogP contribution >= 0.6 is 0 Å². The average Bonchev–Trinajstić information content (AvgIpc) is 3.12. The van der Waals surface area contributed by atoms with Crippen molar-refractivity contribution in [2.24, 2.45) is 5.92 Å². The van der Waals surface area contributed by atoms with Crippen molar-refractivity contribution < 1.29 is 14.6 Å². The Morgan fingerprint density at radius 3 is 1.12 bits per heavy atom. The molecule has 0 saturated heterocycles. The van der Waals surface area contributed by atoms with Gasteiger partial charge in [-0.15, -0.1) is 0 Å². The second-order valence-electron chi connectivity index (χ2n) is 15.9. The molecule has 0 atom stereocenters. The molecule has 302 valence electrons. The van der Waals surface area contributed by atoms with Gasteiger partial charge in [-0.1, -0.05) is 201 Å². The third-order valence-corrected chi connectivity index (χ3v) is 10.9. The summed E-state index contributed by atoms with van der Waals surface area (Å²) in [6, 6.07) is 0. The summed E-state index contributed by atoms with van der Waals surface area (Å²) in [5, 5.41) is 9.46. The molecule has 0 aliphatic rings. The van der Waals surface area contributed by atoms with E-state index >= 15 is 0 Å². The van der Waals surface area contributed by atoms with Crippen molar-refractivity contribution in [1.29, 1.82) is 0 Å². The molecule has 4 nitrogen and oxygen atoms in total. The lowest BCUT2D eigenvalue weighted by Crippen LogP contribution is -2.28. The van der Waals surface area contributed by atoms with Gasteiger partial charge < -0.3 is 19.5 Å². The highest BCUT2D eigenvalue weighted by atomic mass is 16.7. The van der Waals surface area contributed by atoms with E-state index in [1.165, 1.54) is 219 Å². The maximum absolute atomic E-state index is 9.46. The van der Waals surface area contributed by atoms with Crippen LogP contribution in [0.1, 0.15) is 246 Å². The van der Waals surface area contributed by atoms with E-state index < -0.39 is 0 Å². The van der Waals surface area contributed by atoms with Crippen LogP contribution < -0.4 is 0 Å². The second-order valence-corrected chi connectivity index (χ2v) is 15.9. The Morgan fingerprint density at radius 2 is 0.680 bits per heavy atom. The highest BCUT2D eigenvalue weighted by molar-refractivity contribution is 4.63. The van der Waals surface area contributed by atoms with Crippen molar-refractivity contribution in [3.8, 4) is 0 Å². The van der Waals surface area contributed by atoms with Crippen LogP contribution in [0.2, 0.25) is 0 Å². The van der Waals surface area contributed by atoms with Crippen molar-refractivity contribution in [2.45, 2.75) is 252 Å². The fourth-order valence-electron chi connectivity index (χ4n) is 7.49. The minimum Gasteiger partial charge on any atom is -0.396 e. The molecule has 0 saturated carbocycles. The van der Waals surface area contributed by atoms with E-state index in [2.05, 4.69) is 32.6 Å². The summed E-state index contributed by atoms with van der Waals surface area (Å²) in [6.07, 6.45) is 45.4. The van der Waals surface area contributed by atoms with Crippen LogP contribution in [0.25, 0.3) is 0 Å².